The Balaban J connectivity index is 5.70. The molecule has 0 saturated carbocycles. The van der Waals surface area contributed by atoms with E-state index in [2.05, 4.69) is 27.7 Å². The largest absolute Gasteiger partial charge is 0.486 e. The van der Waals surface area contributed by atoms with Crippen LogP contribution in [-0.4, -0.2) is 69.8 Å². The van der Waals surface area contributed by atoms with Crippen molar-refractivity contribution in [2.45, 2.75) is 490 Å². The van der Waals surface area contributed by atoms with Gasteiger partial charge in [0.2, 0.25) is 0 Å². The molecule has 0 saturated heterocycles. The highest BCUT2D eigenvalue weighted by Gasteiger charge is 2.37. The maximum Gasteiger partial charge on any atom is 0.160 e. The molecule has 0 bridgehead atoms. The van der Waals surface area contributed by atoms with Crippen LogP contribution in [0, 0.1) is 5.41 Å². The average Bonchev–Trinajstić information content (AvgIpc) is 0.855. The number of Topliss-reactive ketones (excluding diaryl/α,β-unsaturated/α-hetero) is 4. The van der Waals surface area contributed by atoms with Crippen LogP contribution in [0.2, 0.25) is 0 Å². The summed E-state index contributed by atoms with van der Waals surface area (Å²) in [6, 6.07) is 0. The summed E-state index contributed by atoms with van der Waals surface area (Å²) < 4.78 is 25.5. The first-order valence-corrected chi connectivity index (χ1v) is 45.7. The number of carbonyl (C=O) groups is 4. The summed E-state index contributed by atoms with van der Waals surface area (Å²) in [6.07, 6.45) is 81.6. The van der Waals surface area contributed by atoms with Gasteiger partial charge in [-0.3, -0.25) is 19.2 Å². The van der Waals surface area contributed by atoms with Crippen LogP contribution in [0.5, 0.6) is 0 Å². The molecule has 0 radical (unpaired) electrons. The van der Waals surface area contributed by atoms with Gasteiger partial charge in [0, 0.05) is 77.0 Å². The van der Waals surface area contributed by atoms with Crippen LogP contribution in [0.15, 0.2) is 0 Å². The first-order chi connectivity index (χ1) is 49.4. The van der Waals surface area contributed by atoms with Gasteiger partial charge in [-0.05, 0) is 74.6 Å². The molecule has 0 amide bonds. The van der Waals surface area contributed by atoms with E-state index in [-0.39, 0.29) is 49.6 Å². The number of carbonyl (C=O) groups excluding carboxylic acids is 4. The molecule has 12 heteroatoms. The van der Waals surface area contributed by atoms with Crippen molar-refractivity contribution in [1.29, 1.82) is 0 Å². The van der Waals surface area contributed by atoms with Crippen LogP contribution in [0.3, 0.4) is 0 Å². The molecule has 0 aliphatic carbocycles. The Bertz CT molecular complexity index is 1650. The predicted molar refractivity (Wildman–Crippen MR) is 452 cm³/mol. The van der Waals surface area contributed by atoms with Crippen LogP contribution in [0.4, 0.5) is 0 Å². The molecule has 0 spiro atoms. The van der Waals surface area contributed by atoms with E-state index in [1.165, 1.54) is 334 Å². The van der Waals surface area contributed by atoms with Gasteiger partial charge in [-0.2, -0.15) is 0 Å². The highest BCUT2D eigenvalue weighted by atomic mass is 32.1. The molecular formula is C89H164O8S4. The van der Waals surface area contributed by atoms with Crippen molar-refractivity contribution in [1.82, 2.24) is 0 Å². The van der Waals surface area contributed by atoms with Gasteiger partial charge in [0.25, 0.3) is 0 Å². The fourth-order valence-electron chi connectivity index (χ4n) is 13.7. The zero-order chi connectivity index (χ0) is 73.7. The molecule has 0 unspecified atom stereocenters. The molecule has 0 aliphatic heterocycles. The molecule has 0 rings (SSSR count). The van der Waals surface area contributed by atoms with Crippen LogP contribution >= 0.6 is 48.9 Å². The highest BCUT2D eigenvalue weighted by Crippen LogP contribution is 2.26. The minimum Gasteiger partial charge on any atom is -0.486 e. The Kier molecular flexibility index (Phi) is 77.9. The van der Waals surface area contributed by atoms with Crippen molar-refractivity contribution in [2.75, 3.05) is 26.4 Å². The number of ketones is 4. The number of rotatable bonds is 84. The molecule has 0 heterocycles. The molecule has 0 atom stereocenters. The van der Waals surface area contributed by atoms with E-state index in [1.54, 1.807) is 0 Å². The van der Waals surface area contributed by atoms with E-state index >= 15 is 0 Å². The van der Waals surface area contributed by atoms with E-state index in [1.807, 2.05) is 0 Å². The maximum atomic E-state index is 13.2. The molecule has 0 aromatic heterocycles. The normalized spacial score (nSPS) is 11.5. The Morgan fingerprint density at radius 1 is 0.178 bits per heavy atom. The second-order valence-electron chi connectivity index (χ2n) is 31.1. The van der Waals surface area contributed by atoms with Crippen LogP contribution in [0.25, 0.3) is 0 Å². The van der Waals surface area contributed by atoms with Crippen molar-refractivity contribution in [2.24, 2.45) is 5.41 Å². The van der Waals surface area contributed by atoms with Gasteiger partial charge in [0.1, 0.15) is 55.0 Å². The summed E-state index contributed by atoms with van der Waals surface area (Å²) in [7, 11) is 0. The lowest BCUT2D eigenvalue weighted by molar-refractivity contribution is -0.119. The number of unbranched alkanes of at least 4 members (excludes halogenated alkanes) is 56. The van der Waals surface area contributed by atoms with Crippen LogP contribution in [0.1, 0.15) is 490 Å². The van der Waals surface area contributed by atoms with Crippen LogP contribution < -0.4 is 0 Å². The third kappa shape index (κ3) is 74.9. The Morgan fingerprint density at radius 3 is 0.426 bits per heavy atom. The Labute approximate surface area is 647 Å². The van der Waals surface area contributed by atoms with Gasteiger partial charge < -0.3 is 18.9 Å². The monoisotopic (exact) mass is 1490 g/mol. The zero-order valence-electron chi connectivity index (χ0n) is 67.1. The minimum atomic E-state index is -1.05. The van der Waals surface area contributed by atoms with Gasteiger partial charge in [-0.1, -0.05) is 387 Å². The third-order valence-electron chi connectivity index (χ3n) is 20.8. The lowest BCUT2D eigenvalue weighted by Gasteiger charge is -2.33. The maximum absolute atomic E-state index is 13.2. The lowest BCUT2D eigenvalue weighted by atomic mass is 9.92. The lowest BCUT2D eigenvalue weighted by Crippen LogP contribution is -2.43. The van der Waals surface area contributed by atoms with Crippen molar-refractivity contribution in [3.63, 3.8) is 0 Å². The molecule has 0 fully saturated rings. The molecule has 0 aromatic carbocycles. The first-order valence-electron chi connectivity index (χ1n) is 44.1. The predicted octanol–water partition coefficient (Wildman–Crippen LogP) is 29.8. The Hall–Kier alpha value is -1.76. The fourth-order valence-corrected chi connectivity index (χ4v) is 14.4. The van der Waals surface area contributed by atoms with Crippen molar-refractivity contribution >= 4 is 92.2 Å². The summed E-state index contributed by atoms with van der Waals surface area (Å²) in [4.78, 5) is 52.8. The van der Waals surface area contributed by atoms with E-state index in [0.29, 0.717) is 97.3 Å². The standard InChI is InChI=1S/C89H164O8S4/c1-5-9-13-17-21-25-29-33-37-41-45-49-53-57-61-65-81(90)69-73-85(98)94-77-89(78-95-86(99)74-70-82(91)66-62-58-54-50-46-42-38-34-30-26-22-18-14-10-6-2,79-96-87(100)75-71-83(92)67-63-59-55-51-47-43-39-35-31-27-23-19-15-11-7-3)80-97-88(101)76-72-84(93)68-64-60-56-52-48-44-40-36-32-28-24-20-16-12-8-4/h5-80H2,1-4H3. The molecule has 8 nitrogen and oxygen atoms in total. The number of thiocarbonyl (C=S) groups is 4. The first kappa shape index (κ1) is 99.2. The van der Waals surface area contributed by atoms with E-state index in [0.717, 1.165) is 51.4 Å². The summed E-state index contributed by atoms with van der Waals surface area (Å²) in [5.74, 6) is 0.742. The van der Waals surface area contributed by atoms with E-state index in [9.17, 15) is 19.2 Å². The topological polar surface area (TPSA) is 105 Å². The van der Waals surface area contributed by atoms with Crippen LogP contribution in [-0.2, 0) is 38.1 Å². The van der Waals surface area contributed by atoms with Crippen molar-refractivity contribution in [3.05, 3.63) is 0 Å². The molecule has 0 aromatic rings. The van der Waals surface area contributed by atoms with Gasteiger partial charge in [-0.25, -0.2) is 0 Å². The van der Waals surface area contributed by atoms with E-state index in [4.69, 9.17) is 67.8 Å². The van der Waals surface area contributed by atoms with Gasteiger partial charge in [-0.15, -0.1) is 0 Å². The fraction of sp³-hybridized carbons (Fsp3) is 0.910. The minimum absolute atomic E-state index is 0.00127. The molecule has 592 valence electrons. The summed E-state index contributed by atoms with van der Waals surface area (Å²) in [5, 5.41) is 1.24. The average molecular weight is 1490 g/mol. The van der Waals surface area contributed by atoms with Gasteiger partial charge >= 0.3 is 0 Å². The summed E-state index contributed by atoms with van der Waals surface area (Å²) >= 11 is 23.3. The summed E-state index contributed by atoms with van der Waals surface area (Å²) in [5.41, 5.74) is -1.05. The third-order valence-corrected chi connectivity index (χ3v) is 22.1. The molecular weight excluding hydrogens is 1330 g/mol. The van der Waals surface area contributed by atoms with Crippen molar-refractivity contribution < 1.29 is 38.1 Å². The molecule has 0 N–H and O–H groups in total. The van der Waals surface area contributed by atoms with E-state index < -0.39 is 5.41 Å². The molecule has 101 heavy (non-hydrogen) atoms. The Morgan fingerprint density at radius 2 is 0.297 bits per heavy atom. The SMILES string of the molecule is CCCCCCCCCCCCCCCCCC(=O)CCC(=S)OCC(COC(=S)CCC(=O)CCCCCCCCCCCCCCCCC)(COC(=S)CCC(=O)CCCCCCCCCCCCCCCCC)COC(=S)CCC(=O)CCCCCCCCCCCCCCCCC. The second kappa shape index (κ2) is 79.3. The van der Waals surface area contributed by atoms with Gasteiger partial charge in [0.15, 0.2) is 20.2 Å². The smallest absolute Gasteiger partial charge is 0.160 e. The second-order valence-corrected chi connectivity index (χ2v) is 32.9. The van der Waals surface area contributed by atoms with Gasteiger partial charge in [0.05, 0.1) is 0 Å². The number of hydrogen-bond donors (Lipinski definition) is 0. The molecule has 0 aliphatic rings. The summed E-state index contributed by atoms with van der Waals surface area (Å²) in [6.45, 7) is 9.11. The van der Waals surface area contributed by atoms with Crippen molar-refractivity contribution in [3.8, 4) is 0 Å². The highest BCUT2D eigenvalue weighted by molar-refractivity contribution is 7.80. The zero-order valence-corrected chi connectivity index (χ0v) is 70.4. The quantitative estimate of drug-likeness (QED) is 0.0428. The number of hydrogen-bond acceptors (Lipinski definition) is 12. The number of ether oxygens (including phenoxy) is 4.